The van der Waals surface area contributed by atoms with Gasteiger partial charge in [-0.05, 0) is 44.2 Å². The van der Waals surface area contributed by atoms with E-state index in [-0.39, 0.29) is 0 Å². The summed E-state index contributed by atoms with van der Waals surface area (Å²) in [5, 5.41) is 3.62. The molecule has 0 radical (unpaired) electrons. The first-order valence-electron chi connectivity index (χ1n) is 8.16. The molecule has 2 rings (SSSR count). The first-order valence-corrected chi connectivity index (χ1v) is 8.16. The predicted molar refractivity (Wildman–Crippen MR) is 80.4 cm³/mol. The number of piperidine rings is 1. The van der Waals surface area contributed by atoms with Gasteiger partial charge in [0.25, 0.3) is 0 Å². The molecule has 3 heteroatoms. The highest BCUT2D eigenvalue weighted by atomic mass is 16.5. The maximum Gasteiger partial charge on any atom is 0.0547 e. The highest BCUT2D eigenvalue weighted by molar-refractivity contribution is 4.90. The van der Waals surface area contributed by atoms with Crippen LogP contribution in [0.3, 0.4) is 0 Å². The van der Waals surface area contributed by atoms with Gasteiger partial charge in [0.2, 0.25) is 0 Å². The van der Waals surface area contributed by atoms with Crippen molar-refractivity contribution in [3.05, 3.63) is 0 Å². The van der Waals surface area contributed by atoms with Crippen molar-refractivity contribution < 1.29 is 4.74 Å². The Kier molecular flexibility index (Phi) is 5.67. The summed E-state index contributed by atoms with van der Waals surface area (Å²) in [4.78, 5) is 2.69. The average molecular weight is 268 g/mol. The Hall–Kier alpha value is -0.120. The fourth-order valence-corrected chi connectivity index (χ4v) is 3.47. The van der Waals surface area contributed by atoms with Gasteiger partial charge in [0, 0.05) is 31.7 Å². The zero-order chi connectivity index (χ0) is 13.7. The lowest BCUT2D eigenvalue weighted by Gasteiger charge is -2.40. The maximum absolute atomic E-state index is 5.71. The molecule has 0 aromatic carbocycles. The third kappa shape index (κ3) is 4.17. The summed E-state index contributed by atoms with van der Waals surface area (Å²) in [6, 6.07) is 0. The topological polar surface area (TPSA) is 24.5 Å². The Bertz CT molecular complexity index is 263. The van der Waals surface area contributed by atoms with E-state index in [4.69, 9.17) is 4.74 Å². The Morgan fingerprint density at radius 2 is 2.16 bits per heavy atom. The summed E-state index contributed by atoms with van der Waals surface area (Å²) in [5.74, 6) is 1.74. The van der Waals surface area contributed by atoms with Crippen LogP contribution >= 0.6 is 0 Å². The lowest BCUT2D eigenvalue weighted by molar-refractivity contribution is 0.0691. The molecule has 0 spiro atoms. The third-order valence-corrected chi connectivity index (χ3v) is 5.09. The smallest absolute Gasteiger partial charge is 0.0547 e. The zero-order valence-electron chi connectivity index (χ0n) is 13.1. The molecule has 0 bridgehead atoms. The van der Waals surface area contributed by atoms with Crippen LogP contribution < -0.4 is 5.32 Å². The van der Waals surface area contributed by atoms with Gasteiger partial charge in [0.05, 0.1) is 6.61 Å². The Morgan fingerprint density at radius 3 is 2.79 bits per heavy atom. The van der Waals surface area contributed by atoms with E-state index >= 15 is 0 Å². The first-order chi connectivity index (χ1) is 9.15. The largest absolute Gasteiger partial charge is 0.381 e. The number of nitrogens with one attached hydrogen (secondary N) is 1. The van der Waals surface area contributed by atoms with E-state index in [0.717, 1.165) is 38.1 Å². The second-order valence-electron chi connectivity index (χ2n) is 6.96. The lowest BCUT2D eigenvalue weighted by Crippen LogP contribution is -2.48. The quantitative estimate of drug-likeness (QED) is 0.749. The summed E-state index contributed by atoms with van der Waals surface area (Å²) in [6.45, 7) is 15.0. The van der Waals surface area contributed by atoms with Crippen molar-refractivity contribution in [1.29, 1.82) is 0 Å². The maximum atomic E-state index is 5.71. The molecule has 2 aliphatic heterocycles. The molecule has 19 heavy (non-hydrogen) atoms. The molecule has 0 aromatic rings. The first kappa shape index (κ1) is 15.3. The molecule has 3 atom stereocenters. The van der Waals surface area contributed by atoms with E-state index < -0.39 is 0 Å². The van der Waals surface area contributed by atoms with Crippen molar-refractivity contribution in [2.24, 2.45) is 17.3 Å². The fourth-order valence-electron chi connectivity index (χ4n) is 3.47. The third-order valence-electron chi connectivity index (χ3n) is 5.09. The van der Waals surface area contributed by atoms with E-state index in [1.54, 1.807) is 0 Å². The van der Waals surface area contributed by atoms with E-state index in [0.29, 0.717) is 5.41 Å². The van der Waals surface area contributed by atoms with Gasteiger partial charge in [-0.2, -0.15) is 0 Å². The minimum Gasteiger partial charge on any atom is -0.381 e. The van der Waals surface area contributed by atoms with Crippen LogP contribution in [-0.4, -0.2) is 50.8 Å². The molecular formula is C16H32N2O. The van der Waals surface area contributed by atoms with Crippen LogP contribution in [0.5, 0.6) is 0 Å². The summed E-state index contributed by atoms with van der Waals surface area (Å²) in [6.07, 6.45) is 3.81. The molecule has 2 fully saturated rings. The summed E-state index contributed by atoms with van der Waals surface area (Å²) < 4.78 is 5.71. The van der Waals surface area contributed by atoms with Gasteiger partial charge in [-0.15, -0.1) is 0 Å². The van der Waals surface area contributed by atoms with Gasteiger partial charge >= 0.3 is 0 Å². The molecule has 2 saturated heterocycles. The van der Waals surface area contributed by atoms with Gasteiger partial charge in [0.1, 0.15) is 0 Å². The van der Waals surface area contributed by atoms with E-state index in [2.05, 4.69) is 31.0 Å². The molecule has 2 aliphatic rings. The number of likely N-dealkylation sites (tertiary alicyclic amines) is 1. The number of rotatable bonds is 6. The number of hydrogen-bond acceptors (Lipinski definition) is 3. The Labute approximate surface area is 119 Å². The van der Waals surface area contributed by atoms with Gasteiger partial charge in [0.15, 0.2) is 0 Å². The van der Waals surface area contributed by atoms with E-state index in [1.807, 2.05) is 0 Å². The van der Waals surface area contributed by atoms with E-state index in [1.165, 1.54) is 38.9 Å². The van der Waals surface area contributed by atoms with Crippen molar-refractivity contribution in [3.63, 3.8) is 0 Å². The predicted octanol–water partition coefficient (Wildman–Crippen LogP) is 2.37. The summed E-state index contributed by atoms with van der Waals surface area (Å²) >= 11 is 0. The fraction of sp³-hybridized carbons (Fsp3) is 1.00. The van der Waals surface area contributed by atoms with Crippen molar-refractivity contribution in [2.45, 2.75) is 40.0 Å². The number of nitrogens with zero attached hydrogens (tertiary/aromatic N) is 1. The molecule has 3 nitrogen and oxygen atoms in total. The highest BCUT2D eigenvalue weighted by Gasteiger charge is 2.37. The molecule has 0 aromatic heterocycles. The van der Waals surface area contributed by atoms with Crippen LogP contribution in [-0.2, 0) is 4.74 Å². The number of ether oxygens (including phenoxy) is 1. The minimum absolute atomic E-state index is 0.371. The second-order valence-corrected chi connectivity index (χ2v) is 6.96. The van der Waals surface area contributed by atoms with Crippen LogP contribution in [0.1, 0.15) is 40.0 Å². The molecular weight excluding hydrogens is 236 g/mol. The second kappa shape index (κ2) is 7.05. The Balaban J connectivity index is 1.86. The van der Waals surface area contributed by atoms with Crippen molar-refractivity contribution in [2.75, 3.05) is 45.9 Å². The molecule has 0 aliphatic carbocycles. The van der Waals surface area contributed by atoms with Crippen LogP contribution in [0.4, 0.5) is 0 Å². The molecule has 1 N–H and O–H groups in total. The molecule has 0 saturated carbocycles. The molecule has 112 valence electrons. The summed E-state index contributed by atoms with van der Waals surface area (Å²) in [7, 11) is 0. The normalized spacial score (nSPS) is 36.8. The zero-order valence-corrected chi connectivity index (χ0v) is 13.1. The van der Waals surface area contributed by atoms with Crippen LogP contribution in [0.25, 0.3) is 0 Å². The number of hydrogen-bond donors (Lipinski definition) is 1. The molecule has 3 unspecified atom stereocenters. The van der Waals surface area contributed by atoms with Crippen LogP contribution in [0.2, 0.25) is 0 Å². The molecule has 2 heterocycles. The van der Waals surface area contributed by atoms with Crippen LogP contribution in [0, 0.1) is 17.3 Å². The standard InChI is InChI=1S/C16H32N2O/c1-4-7-17-11-16(6-9-19-13-16)12-18-8-5-14(2)15(3)10-18/h14-15,17H,4-13H2,1-3H3. The lowest BCUT2D eigenvalue weighted by atomic mass is 9.83. The van der Waals surface area contributed by atoms with Crippen molar-refractivity contribution in [1.82, 2.24) is 10.2 Å². The van der Waals surface area contributed by atoms with Crippen LogP contribution in [0.15, 0.2) is 0 Å². The van der Waals surface area contributed by atoms with Gasteiger partial charge < -0.3 is 15.0 Å². The Morgan fingerprint density at radius 1 is 1.32 bits per heavy atom. The van der Waals surface area contributed by atoms with Crippen molar-refractivity contribution >= 4 is 0 Å². The van der Waals surface area contributed by atoms with E-state index in [9.17, 15) is 0 Å². The SMILES string of the molecule is CCCNCC1(CN2CCC(C)C(C)C2)CCOC1. The van der Waals surface area contributed by atoms with Gasteiger partial charge in [-0.1, -0.05) is 20.8 Å². The van der Waals surface area contributed by atoms with Gasteiger partial charge in [-0.3, -0.25) is 0 Å². The average Bonchev–Trinajstić information content (AvgIpc) is 2.83. The molecule has 0 amide bonds. The summed E-state index contributed by atoms with van der Waals surface area (Å²) in [5.41, 5.74) is 0.371. The van der Waals surface area contributed by atoms with Gasteiger partial charge in [-0.25, -0.2) is 0 Å². The monoisotopic (exact) mass is 268 g/mol. The minimum atomic E-state index is 0.371. The van der Waals surface area contributed by atoms with Crippen molar-refractivity contribution in [3.8, 4) is 0 Å². The highest BCUT2D eigenvalue weighted by Crippen LogP contribution is 2.32.